The molecule has 2 heteroatoms. The van der Waals surface area contributed by atoms with Gasteiger partial charge in [-0.15, -0.1) is 0 Å². The fourth-order valence-corrected chi connectivity index (χ4v) is 1.91. The van der Waals surface area contributed by atoms with Gasteiger partial charge in [-0.05, 0) is 43.5 Å². The number of hydrogen-bond donors (Lipinski definition) is 1. The number of nitrogens with zero attached hydrogens (tertiary/aromatic N) is 1. The van der Waals surface area contributed by atoms with E-state index in [0.717, 1.165) is 5.92 Å². The quantitative estimate of drug-likeness (QED) is 0.815. The van der Waals surface area contributed by atoms with Crippen molar-refractivity contribution in [2.45, 2.75) is 33.2 Å². The van der Waals surface area contributed by atoms with E-state index < -0.39 is 0 Å². The highest BCUT2D eigenvalue weighted by atomic mass is 15.1. The van der Waals surface area contributed by atoms with Crippen molar-refractivity contribution in [2.24, 2.45) is 5.92 Å². The number of hydrogen-bond acceptors (Lipinski definition) is 2. The molecule has 2 nitrogen and oxygen atoms in total. The van der Waals surface area contributed by atoms with Gasteiger partial charge in [0.05, 0.1) is 0 Å². The summed E-state index contributed by atoms with van der Waals surface area (Å²) in [4.78, 5) is 2.11. The molecule has 0 aliphatic heterocycles. The summed E-state index contributed by atoms with van der Waals surface area (Å²) in [6.45, 7) is 6.75. The highest BCUT2D eigenvalue weighted by molar-refractivity contribution is 5.54. The summed E-state index contributed by atoms with van der Waals surface area (Å²) in [6, 6.07) is 9.11. The van der Waals surface area contributed by atoms with E-state index in [1.165, 1.54) is 17.8 Å². The van der Waals surface area contributed by atoms with Gasteiger partial charge < -0.3 is 10.2 Å². The molecular formula is C14H24N2. The molecule has 0 aromatic heterocycles. The van der Waals surface area contributed by atoms with E-state index in [9.17, 15) is 0 Å². The summed E-state index contributed by atoms with van der Waals surface area (Å²) < 4.78 is 0. The smallest absolute Gasteiger partial charge is 0.0362 e. The summed E-state index contributed by atoms with van der Waals surface area (Å²) in [5.74, 6) is 0.739. The minimum Gasteiger partial charge on any atom is -0.383 e. The minimum atomic E-state index is 0.533. The molecule has 1 aromatic carbocycles. The molecule has 0 fully saturated rings. The van der Waals surface area contributed by atoms with Crippen molar-refractivity contribution < 1.29 is 0 Å². The van der Waals surface area contributed by atoms with Gasteiger partial charge in [-0.1, -0.05) is 13.8 Å². The summed E-state index contributed by atoms with van der Waals surface area (Å²) in [6.07, 6.45) is 1.20. The van der Waals surface area contributed by atoms with Crippen molar-refractivity contribution in [3.63, 3.8) is 0 Å². The molecule has 0 spiro atoms. The fourth-order valence-electron chi connectivity index (χ4n) is 1.91. The standard InChI is InChI=1S/C14H24N2/c1-11(2)10-12(3)15-13-6-8-14(9-7-13)16(4)5/h6-9,11-12,15H,10H2,1-5H3. The second-order valence-corrected chi connectivity index (χ2v) is 5.12. The Morgan fingerprint density at radius 1 is 1.06 bits per heavy atom. The molecular weight excluding hydrogens is 196 g/mol. The van der Waals surface area contributed by atoms with Gasteiger partial charge in [0.15, 0.2) is 0 Å². The first kappa shape index (κ1) is 12.9. The lowest BCUT2D eigenvalue weighted by Gasteiger charge is -2.18. The largest absolute Gasteiger partial charge is 0.383 e. The van der Waals surface area contributed by atoms with Crippen LogP contribution in [0, 0.1) is 5.92 Å². The molecule has 0 saturated carbocycles. The molecule has 1 atom stereocenters. The average molecular weight is 220 g/mol. The molecule has 0 aliphatic rings. The van der Waals surface area contributed by atoms with E-state index in [1.54, 1.807) is 0 Å². The zero-order valence-electron chi connectivity index (χ0n) is 11.1. The van der Waals surface area contributed by atoms with E-state index in [-0.39, 0.29) is 0 Å². The molecule has 0 amide bonds. The van der Waals surface area contributed by atoms with Gasteiger partial charge in [0.2, 0.25) is 0 Å². The molecule has 1 aromatic rings. The third-order valence-corrected chi connectivity index (χ3v) is 2.62. The van der Waals surface area contributed by atoms with E-state index in [2.05, 4.69) is 69.3 Å². The maximum Gasteiger partial charge on any atom is 0.0362 e. The molecule has 90 valence electrons. The first-order chi connectivity index (χ1) is 7.49. The highest BCUT2D eigenvalue weighted by Gasteiger charge is 2.04. The van der Waals surface area contributed by atoms with Gasteiger partial charge in [-0.25, -0.2) is 0 Å². The number of anilines is 2. The Balaban J connectivity index is 2.55. The first-order valence-corrected chi connectivity index (χ1v) is 6.03. The van der Waals surface area contributed by atoms with Gasteiger partial charge in [0, 0.05) is 31.5 Å². The SMILES string of the molecule is CC(C)CC(C)Nc1ccc(N(C)C)cc1. The zero-order chi connectivity index (χ0) is 12.1. The third-order valence-electron chi connectivity index (χ3n) is 2.62. The predicted octanol–water partition coefficient (Wildman–Crippen LogP) is 3.60. The normalized spacial score (nSPS) is 12.6. The average Bonchev–Trinajstić information content (AvgIpc) is 2.16. The second kappa shape index (κ2) is 5.78. The Hall–Kier alpha value is -1.18. The van der Waals surface area contributed by atoms with Crippen LogP contribution in [-0.4, -0.2) is 20.1 Å². The molecule has 0 radical (unpaired) electrons. The van der Waals surface area contributed by atoms with Gasteiger partial charge in [0.1, 0.15) is 0 Å². The Morgan fingerprint density at radius 2 is 1.62 bits per heavy atom. The molecule has 1 unspecified atom stereocenters. The molecule has 1 N–H and O–H groups in total. The van der Waals surface area contributed by atoms with E-state index in [1.807, 2.05) is 0 Å². The van der Waals surface area contributed by atoms with Crippen molar-refractivity contribution in [3.05, 3.63) is 24.3 Å². The van der Waals surface area contributed by atoms with Crippen molar-refractivity contribution >= 4 is 11.4 Å². The summed E-state index contributed by atoms with van der Waals surface area (Å²) in [5, 5.41) is 3.52. The van der Waals surface area contributed by atoms with E-state index in [0.29, 0.717) is 6.04 Å². The van der Waals surface area contributed by atoms with Crippen molar-refractivity contribution in [2.75, 3.05) is 24.3 Å². The van der Waals surface area contributed by atoms with Gasteiger partial charge >= 0.3 is 0 Å². The van der Waals surface area contributed by atoms with Crippen LogP contribution >= 0.6 is 0 Å². The fraction of sp³-hybridized carbons (Fsp3) is 0.571. The van der Waals surface area contributed by atoms with E-state index in [4.69, 9.17) is 0 Å². The third kappa shape index (κ3) is 4.13. The minimum absolute atomic E-state index is 0.533. The van der Waals surface area contributed by atoms with Crippen molar-refractivity contribution in [3.8, 4) is 0 Å². The molecule has 16 heavy (non-hydrogen) atoms. The van der Waals surface area contributed by atoms with Crippen LogP contribution < -0.4 is 10.2 Å². The predicted molar refractivity (Wildman–Crippen MR) is 73.3 cm³/mol. The molecule has 0 aliphatic carbocycles. The van der Waals surface area contributed by atoms with Crippen LogP contribution in [0.25, 0.3) is 0 Å². The van der Waals surface area contributed by atoms with Crippen LogP contribution in [-0.2, 0) is 0 Å². The Labute approximate surface area is 99.7 Å². The number of rotatable bonds is 5. The summed E-state index contributed by atoms with van der Waals surface area (Å²) in [7, 11) is 4.12. The number of nitrogens with one attached hydrogen (secondary N) is 1. The topological polar surface area (TPSA) is 15.3 Å². The lowest BCUT2D eigenvalue weighted by molar-refractivity contribution is 0.540. The Bertz CT molecular complexity index is 301. The zero-order valence-corrected chi connectivity index (χ0v) is 11.1. The molecule has 0 heterocycles. The van der Waals surface area contributed by atoms with Crippen LogP contribution in [0.15, 0.2) is 24.3 Å². The van der Waals surface area contributed by atoms with Crippen molar-refractivity contribution in [1.29, 1.82) is 0 Å². The van der Waals surface area contributed by atoms with Gasteiger partial charge in [-0.3, -0.25) is 0 Å². The highest BCUT2D eigenvalue weighted by Crippen LogP contribution is 2.17. The second-order valence-electron chi connectivity index (χ2n) is 5.12. The maximum absolute atomic E-state index is 3.52. The van der Waals surface area contributed by atoms with Crippen LogP contribution in [0.1, 0.15) is 27.2 Å². The monoisotopic (exact) mass is 220 g/mol. The Morgan fingerprint density at radius 3 is 2.06 bits per heavy atom. The van der Waals surface area contributed by atoms with Crippen LogP contribution in [0.3, 0.4) is 0 Å². The van der Waals surface area contributed by atoms with Crippen molar-refractivity contribution in [1.82, 2.24) is 0 Å². The lowest BCUT2D eigenvalue weighted by atomic mass is 10.1. The Kier molecular flexibility index (Phi) is 4.66. The number of benzene rings is 1. The van der Waals surface area contributed by atoms with Crippen LogP contribution in [0.4, 0.5) is 11.4 Å². The van der Waals surface area contributed by atoms with Crippen LogP contribution in [0.5, 0.6) is 0 Å². The summed E-state index contributed by atoms with van der Waals surface area (Å²) >= 11 is 0. The van der Waals surface area contributed by atoms with Gasteiger partial charge in [-0.2, -0.15) is 0 Å². The van der Waals surface area contributed by atoms with E-state index >= 15 is 0 Å². The first-order valence-electron chi connectivity index (χ1n) is 6.03. The molecule has 0 saturated heterocycles. The van der Waals surface area contributed by atoms with Crippen LogP contribution in [0.2, 0.25) is 0 Å². The summed E-state index contributed by atoms with van der Waals surface area (Å²) in [5.41, 5.74) is 2.45. The lowest BCUT2D eigenvalue weighted by Crippen LogP contribution is -2.17. The van der Waals surface area contributed by atoms with Gasteiger partial charge in [0.25, 0.3) is 0 Å². The molecule has 1 rings (SSSR count). The maximum atomic E-state index is 3.52. The molecule has 0 bridgehead atoms.